The monoisotopic (exact) mass is 528 g/mol. The van der Waals surface area contributed by atoms with E-state index in [0.717, 1.165) is 33.0 Å². The maximum Gasteiger partial charge on any atom is 0.430 e. The first-order chi connectivity index (χ1) is 17.9. The molecule has 5 rings (SSSR count). The number of alkyl halides is 6. The lowest BCUT2D eigenvalue weighted by Gasteiger charge is -2.32. The predicted octanol–water partition coefficient (Wildman–Crippen LogP) is 6.44. The van der Waals surface area contributed by atoms with Crippen LogP contribution < -0.4 is 5.56 Å². The van der Waals surface area contributed by atoms with Crippen molar-refractivity contribution in [3.8, 4) is 5.69 Å². The zero-order valence-electron chi connectivity index (χ0n) is 19.4. The molecule has 0 fully saturated rings. The maximum atomic E-state index is 13.5. The van der Waals surface area contributed by atoms with Crippen molar-refractivity contribution in [3.63, 3.8) is 0 Å². The summed E-state index contributed by atoms with van der Waals surface area (Å²) in [6.45, 7) is 0. The van der Waals surface area contributed by atoms with Crippen LogP contribution in [0.25, 0.3) is 27.4 Å². The van der Waals surface area contributed by atoms with E-state index in [-0.39, 0.29) is 23.3 Å². The largest absolute Gasteiger partial charge is 0.430 e. The predicted molar refractivity (Wildman–Crippen MR) is 130 cm³/mol. The Bertz CT molecular complexity index is 1690. The van der Waals surface area contributed by atoms with Gasteiger partial charge in [0.05, 0.1) is 16.6 Å². The van der Waals surface area contributed by atoms with Crippen LogP contribution >= 0.6 is 0 Å². The number of halogens is 6. The Labute approximate surface area is 211 Å². The molecular weight excluding hydrogens is 510 g/mol. The average molecular weight is 528 g/mol. The summed E-state index contributed by atoms with van der Waals surface area (Å²) in [5.74, 6) is 0.236. The molecule has 1 aromatic heterocycles. The van der Waals surface area contributed by atoms with Crippen molar-refractivity contribution >= 4 is 21.7 Å². The fraction of sp³-hybridized carbons (Fsp3) is 0.143. The van der Waals surface area contributed by atoms with Crippen LogP contribution in [0.3, 0.4) is 0 Å². The van der Waals surface area contributed by atoms with Crippen LogP contribution in [-0.4, -0.2) is 27.0 Å². The van der Waals surface area contributed by atoms with Gasteiger partial charge >= 0.3 is 12.4 Å². The molecule has 0 saturated carbocycles. The Balaban J connectivity index is 1.69. The summed E-state index contributed by atoms with van der Waals surface area (Å²) in [6, 6.07) is 22.5. The molecule has 0 saturated heterocycles. The van der Waals surface area contributed by atoms with Gasteiger partial charge in [-0.25, -0.2) is 4.98 Å². The first-order valence-electron chi connectivity index (χ1n) is 11.4. The standard InChI is InChI=1S/C28H18F6N2O2/c29-27(30,31)26(38,28(32,33)34)19-12-14-20(15-13-19)36-24(35-23-11-4-3-10-22(23)25(36)37)16-18-8-5-7-17-6-1-2-9-21(17)18/h1-15,38H,16H2. The lowest BCUT2D eigenvalue weighted by molar-refractivity contribution is -0.376. The molecule has 0 radical (unpaired) electrons. The quantitative estimate of drug-likeness (QED) is 0.273. The molecule has 0 bridgehead atoms. The highest BCUT2D eigenvalue weighted by atomic mass is 19.4. The Morgan fingerprint density at radius 3 is 1.95 bits per heavy atom. The number of para-hydroxylation sites is 1. The molecule has 4 nitrogen and oxygen atoms in total. The topological polar surface area (TPSA) is 55.1 Å². The van der Waals surface area contributed by atoms with Crippen molar-refractivity contribution in [2.45, 2.75) is 24.4 Å². The lowest BCUT2D eigenvalue weighted by atomic mass is 9.92. The van der Waals surface area contributed by atoms with E-state index in [0.29, 0.717) is 17.6 Å². The molecule has 0 amide bonds. The second-order valence-electron chi connectivity index (χ2n) is 8.75. The van der Waals surface area contributed by atoms with Gasteiger partial charge in [-0.2, -0.15) is 26.3 Å². The van der Waals surface area contributed by atoms with Gasteiger partial charge in [0.15, 0.2) is 0 Å². The summed E-state index contributed by atoms with van der Waals surface area (Å²) < 4.78 is 81.2. The van der Waals surface area contributed by atoms with E-state index >= 15 is 0 Å². The molecule has 38 heavy (non-hydrogen) atoms. The third kappa shape index (κ3) is 4.10. The van der Waals surface area contributed by atoms with Crippen molar-refractivity contribution in [3.05, 3.63) is 118 Å². The normalized spacial score (nSPS) is 12.8. The third-order valence-corrected chi connectivity index (χ3v) is 6.44. The Hall–Kier alpha value is -4.18. The second-order valence-corrected chi connectivity index (χ2v) is 8.75. The highest BCUT2D eigenvalue weighted by Crippen LogP contribution is 2.50. The smallest absolute Gasteiger partial charge is 0.369 e. The van der Waals surface area contributed by atoms with E-state index in [2.05, 4.69) is 4.98 Å². The molecule has 5 aromatic rings. The van der Waals surface area contributed by atoms with E-state index in [9.17, 15) is 36.2 Å². The van der Waals surface area contributed by atoms with E-state index in [1.165, 1.54) is 6.07 Å². The minimum Gasteiger partial charge on any atom is -0.369 e. The van der Waals surface area contributed by atoms with Gasteiger partial charge in [0.25, 0.3) is 11.2 Å². The SMILES string of the molecule is O=c1c2ccccc2nc(Cc2cccc3ccccc23)n1-c1ccc(C(O)(C(F)(F)F)C(F)(F)F)cc1. The molecular formula is C28H18F6N2O2. The number of benzene rings is 4. The first-order valence-corrected chi connectivity index (χ1v) is 11.4. The van der Waals surface area contributed by atoms with Crippen molar-refractivity contribution in [1.82, 2.24) is 9.55 Å². The minimum atomic E-state index is -6.02. The van der Waals surface area contributed by atoms with E-state index < -0.39 is 29.1 Å². The molecule has 0 aliphatic carbocycles. The van der Waals surface area contributed by atoms with Crippen LogP contribution in [0.2, 0.25) is 0 Å². The molecule has 0 spiro atoms. The van der Waals surface area contributed by atoms with Gasteiger partial charge in [-0.1, -0.05) is 66.7 Å². The van der Waals surface area contributed by atoms with E-state index in [4.69, 9.17) is 0 Å². The van der Waals surface area contributed by atoms with E-state index in [1.807, 2.05) is 42.5 Å². The molecule has 4 aromatic carbocycles. The van der Waals surface area contributed by atoms with Gasteiger partial charge in [0.2, 0.25) is 0 Å². The number of fused-ring (bicyclic) bond motifs is 2. The number of nitrogens with zero attached hydrogens (tertiary/aromatic N) is 2. The summed E-state index contributed by atoms with van der Waals surface area (Å²) in [7, 11) is 0. The number of aromatic nitrogens is 2. The summed E-state index contributed by atoms with van der Waals surface area (Å²) in [5, 5.41) is 11.8. The summed E-state index contributed by atoms with van der Waals surface area (Å²) in [5.41, 5.74) is -5.82. The Morgan fingerprint density at radius 1 is 0.711 bits per heavy atom. The van der Waals surface area contributed by atoms with Crippen molar-refractivity contribution in [2.75, 3.05) is 0 Å². The second kappa shape index (κ2) is 8.98. The molecule has 1 N–H and O–H groups in total. The number of aliphatic hydroxyl groups is 1. The van der Waals surface area contributed by atoms with Crippen LogP contribution in [-0.2, 0) is 12.0 Å². The van der Waals surface area contributed by atoms with Crippen LogP contribution in [0, 0.1) is 0 Å². The van der Waals surface area contributed by atoms with Crippen LogP contribution in [0.4, 0.5) is 26.3 Å². The highest BCUT2D eigenvalue weighted by molar-refractivity contribution is 5.86. The molecule has 194 valence electrons. The van der Waals surface area contributed by atoms with Crippen LogP contribution in [0.15, 0.2) is 95.8 Å². The molecule has 0 aliphatic heterocycles. The summed E-state index contributed by atoms with van der Waals surface area (Å²) in [6.07, 6.45) is -11.9. The van der Waals surface area contributed by atoms with Gasteiger partial charge in [-0.15, -0.1) is 0 Å². The van der Waals surface area contributed by atoms with Gasteiger partial charge in [0, 0.05) is 12.0 Å². The van der Waals surface area contributed by atoms with Gasteiger partial charge < -0.3 is 5.11 Å². The Kier molecular flexibility index (Phi) is 6.02. The van der Waals surface area contributed by atoms with Crippen molar-refractivity contribution in [2.24, 2.45) is 0 Å². The zero-order chi connectivity index (χ0) is 27.3. The molecule has 1 heterocycles. The van der Waals surface area contributed by atoms with Gasteiger partial charge in [-0.3, -0.25) is 9.36 Å². The molecule has 0 atom stereocenters. The number of hydrogen-bond acceptors (Lipinski definition) is 3. The van der Waals surface area contributed by atoms with Crippen molar-refractivity contribution in [1.29, 1.82) is 0 Å². The maximum absolute atomic E-state index is 13.5. The zero-order valence-corrected chi connectivity index (χ0v) is 19.4. The first kappa shape index (κ1) is 25.5. The lowest BCUT2D eigenvalue weighted by Crippen LogP contribution is -2.53. The molecule has 0 unspecified atom stereocenters. The molecule has 10 heteroatoms. The van der Waals surface area contributed by atoms with Crippen LogP contribution in [0.1, 0.15) is 17.0 Å². The highest BCUT2D eigenvalue weighted by Gasteiger charge is 2.71. The minimum absolute atomic E-state index is 0.000983. The van der Waals surface area contributed by atoms with E-state index in [1.54, 1.807) is 18.2 Å². The van der Waals surface area contributed by atoms with Crippen molar-refractivity contribution < 1.29 is 31.4 Å². The van der Waals surface area contributed by atoms with Gasteiger partial charge in [0.1, 0.15) is 5.82 Å². The fourth-order valence-corrected chi connectivity index (χ4v) is 4.52. The number of hydrogen-bond donors (Lipinski definition) is 1. The third-order valence-electron chi connectivity index (χ3n) is 6.44. The van der Waals surface area contributed by atoms with Crippen LogP contribution in [0.5, 0.6) is 0 Å². The average Bonchev–Trinajstić information content (AvgIpc) is 2.87. The Morgan fingerprint density at radius 2 is 1.29 bits per heavy atom. The number of rotatable bonds is 4. The summed E-state index contributed by atoms with van der Waals surface area (Å²) in [4.78, 5) is 18.1. The fourth-order valence-electron chi connectivity index (χ4n) is 4.52. The van der Waals surface area contributed by atoms with Gasteiger partial charge in [-0.05, 0) is 40.6 Å². The summed E-state index contributed by atoms with van der Waals surface area (Å²) >= 11 is 0. The molecule has 0 aliphatic rings.